The van der Waals surface area contributed by atoms with Crippen LogP contribution >= 0.6 is 0 Å². The summed E-state index contributed by atoms with van der Waals surface area (Å²) in [6.45, 7) is 4.52. The summed E-state index contributed by atoms with van der Waals surface area (Å²) in [6, 6.07) is 10.2. The molecule has 3 nitrogen and oxygen atoms in total. The number of hydrogen-bond acceptors (Lipinski definition) is 2. The molecule has 1 atom stereocenters. The molecule has 106 valence electrons. The highest BCUT2D eigenvalue weighted by Crippen LogP contribution is 2.05. The van der Waals surface area contributed by atoms with Crippen molar-refractivity contribution in [3.63, 3.8) is 0 Å². The van der Waals surface area contributed by atoms with Gasteiger partial charge in [-0.05, 0) is 30.7 Å². The molecule has 2 N–H and O–H groups in total. The molecule has 1 amide bonds. The van der Waals surface area contributed by atoms with E-state index in [1.54, 1.807) is 0 Å². The number of nitrogens with one attached hydrogen (secondary N) is 1. The van der Waals surface area contributed by atoms with Gasteiger partial charge in [0.05, 0.1) is 6.10 Å². The molecule has 0 bridgehead atoms. The van der Waals surface area contributed by atoms with Gasteiger partial charge in [-0.1, -0.05) is 44.2 Å². The summed E-state index contributed by atoms with van der Waals surface area (Å²) in [5.41, 5.74) is 1.27. The first-order valence-electron chi connectivity index (χ1n) is 7.08. The molecule has 0 aliphatic rings. The molecule has 19 heavy (non-hydrogen) atoms. The molecular weight excluding hydrogens is 238 g/mol. The molecule has 0 fully saturated rings. The van der Waals surface area contributed by atoms with Crippen LogP contribution < -0.4 is 5.32 Å². The van der Waals surface area contributed by atoms with Crippen LogP contribution in [0.4, 0.5) is 0 Å². The average Bonchev–Trinajstić information content (AvgIpc) is 2.39. The SMILES string of the molecule is CC(C)C(O)CCNC(=O)CCCc1ccccc1. The minimum atomic E-state index is -0.329. The van der Waals surface area contributed by atoms with E-state index >= 15 is 0 Å². The highest BCUT2D eigenvalue weighted by Gasteiger charge is 2.09. The van der Waals surface area contributed by atoms with Gasteiger partial charge in [0.25, 0.3) is 0 Å². The lowest BCUT2D eigenvalue weighted by Gasteiger charge is -2.14. The Morgan fingerprint density at radius 1 is 1.26 bits per heavy atom. The second kappa shape index (κ2) is 8.70. The maximum absolute atomic E-state index is 11.6. The third-order valence-corrected chi connectivity index (χ3v) is 3.24. The molecule has 1 aromatic rings. The first-order chi connectivity index (χ1) is 9.09. The fraction of sp³-hybridized carbons (Fsp3) is 0.562. The van der Waals surface area contributed by atoms with Gasteiger partial charge < -0.3 is 10.4 Å². The number of carbonyl (C=O) groups excluding carboxylic acids is 1. The zero-order valence-electron chi connectivity index (χ0n) is 11.9. The molecule has 0 saturated heterocycles. The van der Waals surface area contributed by atoms with Crippen molar-refractivity contribution >= 4 is 5.91 Å². The fourth-order valence-electron chi connectivity index (χ4n) is 1.88. The molecule has 1 rings (SSSR count). The smallest absolute Gasteiger partial charge is 0.220 e. The summed E-state index contributed by atoms with van der Waals surface area (Å²) in [7, 11) is 0. The molecule has 0 radical (unpaired) electrons. The van der Waals surface area contributed by atoms with Crippen molar-refractivity contribution < 1.29 is 9.90 Å². The molecular formula is C16H25NO2. The maximum Gasteiger partial charge on any atom is 0.220 e. The van der Waals surface area contributed by atoms with Crippen LogP contribution in [-0.4, -0.2) is 23.7 Å². The van der Waals surface area contributed by atoms with Gasteiger partial charge in [-0.25, -0.2) is 0 Å². The summed E-state index contributed by atoms with van der Waals surface area (Å²) in [6.07, 6.45) is 2.64. The van der Waals surface area contributed by atoms with Gasteiger partial charge in [-0.3, -0.25) is 4.79 Å². The molecule has 0 saturated carbocycles. The van der Waals surface area contributed by atoms with Gasteiger partial charge in [0, 0.05) is 13.0 Å². The number of rotatable bonds is 8. The lowest BCUT2D eigenvalue weighted by Crippen LogP contribution is -2.28. The zero-order valence-corrected chi connectivity index (χ0v) is 11.9. The van der Waals surface area contributed by atoms with E-state index in [-0.39, 0.29) is 17.9 Å². The first-order valence-corrected chi connectivity index (χ1v) is 7.08. The van der Waals surface area contributed by atoms with E-state index in [9.17, 15) is 9.90 Å². The number of aryl methyl sites for hydroxylation is 1. The minimum absolute atomic E-state index is 0.0758. The lowest BCUT2D eigenvalue weighted by atomic mass is 10.0. The van der Waals surface area contributed by atoms with Crippen molar-refractivity contribution in [3.05, 3.63) is 35.9 Å². The number of carbonyl (C=O) groups is 1. The number of benzene rings is 1. The van der Waals surface area contributed by atoms with E-state index < -0.39 is 0 Å². The van der Waals surface area contributed by atoms with Crippen LogP contribution in [0, 0.1) is 5.92 Å². The highest BCUT2D eigenvalue weighted by atomic mass is 16.3. The number of amides is 1. The Bertz CT molecular complexity index is 362. The van der Waals surface area contributed by atoms with Gasteiger partial charge in [0.15, 0.2) is 0 Å². The third-order valence-electron chi connectivity index (χ3n) is 3.24. The Morgan fingerprint density at radius 2 is 1.95 bits per heavy atom. The normalized spacial score (nSPS) is 12.4. The van der Waals surface area contributed by atoms with E-state index in [0.29, 0.717) is 19.4 Å². The summed E-state index contributed by atoms with van der Waals surface area (Å²) in [5, 5.41) is 12.5. The Morgan fingerprint density at radius 3 is 2.58 bits per heavy atom. The average molecular weight is 263 g/mol. The maximum atomic E-state index is 11.6. The first kappa shape index (κ1) is 15.7. The van der Waals surface area contributed by atoms with Gasteiger partial charge in [0.2, 0.25) is 5.91 Å². The van der Waals surface area contributed by atoms with Crippen molar-refractivity contribution in [1.29, 1.82) is 0 Å². The predicted octanol–water partition coefficient (Wildman–Crippen LogP) is 2.53. The van der Waals surface area contributed by atoms with E-state index in [4.69, 9.17) is 0 Å². The number of hydrogen-bond donors (Lipinski definition) is 2. The van der Waals surface area contributed by atoms with Gasteiger partial charge >= 0.3 is 0 Å². The second-order valence-electron chi connectivity index (χ2n) is 5.29. The van der Waals surface area contributed by atoms with E-state index in [2.05, 4.69) is 17.4 Å². The third kappa shape index (κ3) is 6.97. The summed E-state index contributed by atoms with van der Waals surface area (Å²) in [5.74, 6) is 0.321. The standard InChI is InChI=1S/C16H25NO2/c1-13(2)15(18)11-12-17-16(19)10-6-9-14-7-4-3-5-8-14/h3-5,7-8,13,15,18H,6,9-12H2,1-2H3,(H,17,19). The van der Waals surface area contributed by atoms with Gasteiger partial charge in [-0.2, -0.15) is 0 Å². The Balaban J connectivity index is 2.08. The largest absolute Gasteiger partial charge is 0.393 e. The van der Waals surface area contributed by atoms with Crippen molar-refractivity contribution in [2.75, 3.05) is 6.54 Å². The molecule has 0 heterocycles. The number of aliphatic hydroxyl groups is 1. The van der Waals surface area contributed by atoms with Crippen LogP contribution in [0.15, 0.2) is 30.3 Å². The molecule has 0 spiro atoms. The summed E-state index contributed by atoms with van der Waals surface area (Å²) < 4.78 is 0. The van der Waals surface area contributed by atoms with Crippen LogP contribution in [0.1, 0.15) is 38.7 Å². The summed E-state index contributed by atoms with van der Waals surface area (Å²) in [4.78, 5) is 11.6. The molecule has 0 aliphatic heterocycles. The van der Waals surface area contributed by atoms with Crippen molar-refractivity contribution in [3.8, 4) is 0 Å². The van der Waals surface area contributed by atoms with Crippen LogP contribution in [0.5, 0.6) is 0 Å². The second-order valence-corrected chi connectivity index (χ2v) is 5.29. The van der Waals surface area contributed by atoms with E-state index in [1.807, 2.05) is 32.0 Å². The van der Waals surface area contributed by atoms with Crippen molar-refractivity contribution in [2.45, 2.75) is 45.6 Å². The van der Waals surface area contributed by atoms with Gasteiger partial charge in [-0.15, -0.1) is 0 Å². The predicted molar refractivity (Wildman–Crippen MR) is 77.9 cm³/mol. The number of aliphatic hydroxyl groups excluding tert-OH is 1. The summed E-state index contributed by atoms with van der Waals surface area (Å²) >= 11 is 0. The monoisotopic (exact) mass is 263 g/mol. The quantitative estimate of drug-likeness (QED) is 0.757. The zero-order chi connectivity index (χ0) is 14.1. The fourth-order valence-corrected chi connectivity index (χ4v) is 1.88. The minimum Gasteiger partial charge on any atom is -0.393 e. The van der Waals surface area contributed by atoms with E-state index in [1.165, 1.54) is 5.56 Å². The van der Waals surface area contributed by atoms with Gasteiger partial charge in [0.1, 0.15) is 0 Å². The van der Waals surface area contributed by atoms with Crippen LogP contribution in [-0.2, 0) is 11.2 Å². The molecule has 1 unspecified atom stereocenters. The molecule has 3 heteroatoms. The topological polar surface area (TPSA) is 49.3 Å². The highest BCUT2D eigenvalue weighted by molar-refractivity contribution is 5.75. The molecule has 1 aromatic carbocycles. The van der Waals surface area contributed by atoms with Crippen LogP contribution in [0.25, 0.3) is 0 Å². The Hall–Kier alpha value is -1.35. The Labute approximate surface area is 116 Å². The molecule has 0 aromatic heterocycles. The van der Waals surface area contributed by atoms with E-state index in [0.717, 1.165) is 12.8 Å². The molecule has 0 aliphatic carbocycles. The van der Waals surface area contributed by atoms with Crippen LogP contribution in [0.2, 0.25) is 0 Å². The van der Waals surface area contributed by atoms with Crippen molar-refractivity contribution in [2.24, 2.45) is 5.92 Å². The van der Waals surface area contributed by atoms with Crippen LogP contribution in [0.3, 0.4) is 0 Å². The Kier molecular flexibility index (Phi) is 7.19. The lowest BCUT2D eigenvalue weighted by molar-refractivity contribution is -0.121. The van der Waals surface area contributed by atoms with Crippen molar-refractivity contribution in [1.82, 2.24) is 5.32 Å².